The smallest absolute Gasteiger partial charge is 0.234 e. The largest absolute Gasteiger partial charge is 0.374 e. The van der Waals surface area contributed by atoms with E-state index in [1.54, 1.807) is 11.0 Å². The summed E-state index contributed by atoms with van der Waals surface area (Å²) in [6.45, 7) is 3.42. The summed E-state index contributed by atoms with van der Waals surface area (Å²) in [7, 11) is 0. The maximum absolute atomic E-state index is 12.4. The molecule has 7 heteroatoms. The molecule has 7 nitrogen and oxygen atoms in total. The van der Waals surface area contributed by atoms with Crippen LogP contribution in [0.25, 0.3) is 0 Å². The molecule has 1 amide bonds. The quantitative estimate of drug-likeness (QED) is 0.782. The summed E-state index contributed by atoms with van der Waals surface area (Å²) in [4.78, 5) is 18.5. The van der Waals surface area contributed by atoms with Crippen LogP contribution in [0.5, 0.6) is 0 Å². The summed E-state index contributed by atoms with van der Waals surface area (Å²) in [5, 5.41) is 7.42. The lowest BCUT2D eigenvalue weighted by Gasteiger charge is -2.32. The van der Waals surface area contributed by atoms with Crippen LogP contribution in [-0.4, -0.2) is 64.0 Å². The number of carbonyl (C=O) groups excluding carboxylic acids is 1. The number of nitrogens with one attached hydrogen (secondary N) is 1. The molecule has 0 unspecified atom stereocenters. The van der Waals surface area contributed by atoms with Crippen LogP contribution in [0.4, 0.5) is 0 Å². The predicted octanol–water partition coefficient (Wildman–Crippen LogP) is 0.284. The van der Waals surface area contributed by atoms with Crippen LogP contribution in [0.3, 0.4) is 0 Å². The van der Waals surface area contributed by atoms with Crippen LogP contribution in [0, 0.1) is 11.8 Å². The van der Waals surface area contributed by atoms with Crippen LogP contribution in [0.15, 0.2) is 12.7 Å². The van der Waals surface area contributed by atoms with Crippen molar-refractivity contribution in [2.75, 3.05) is 26.2 Å². The van der Waals surface area contributed by atoms with Crippen molar-refractivity contribution in [1.82, 2.24) is 25.0 Å². The number of rotatable bonds is 7. The van der Waals surface area contributed by atoms with Gasteiger partial charge in [-0.05, 0) is 37.5 Å². The summed E-state index contributed by atoms with van der Waals surface area (Å²) >= 11 is 0. The molecule has 3 aliphatic rings. The zero-order valence-corrected chi connectivity index (χ0v) is 13.4. The SMILES string of the molecule is O=C(CN1CCO[C@H](Cn2cncn2)C1)NC(C1CC1)C1CC1. The Balaban J connectivity index is 1.25. The van der Waals surface area contributed by atoms with E-state index < -0.39 is 0 Å². The molecule has 3 fully saturated rings. The summed E-state index contributed by atoms with van der Waals surface area (Å²) in [5.74, 6) is 1.67. The fraction of sp³-hybridized carbons (Fsp3) is 0.812. The molecular weight excluding hydrogens is 294 g/mol. The average molecular weight is 319 g/mol. The van der Waals surface area contributed by atoms with E-state index in [0.29, 0.717) is 25.7 Å². The molecule has 2 saturated carbocycles. The highest BCUT2D eigenvalue weighted by Gasteiger charge is 2.42. The standard InChI is InChI=1S/C16H25N5O2/c22-15(19-16(12-1-2-12)13-3-4-13)9-20-5-6-23-14(7-20)8-21-11-17-10-18-21/h10-14,16H,1-9H2,(H,19,22)/t14-/m0/s1. The summed E-state index contributed by atoms with van der Waals surface area (Å²) in [5.41, 5.74) is 0. The van der Waals surface area contributed by atoms with Crippen molar-refractivity contribution in [3.63, 3.8) is 0 Å². The molecule has 0 bridgehead atoms. The van der Waals surface area contributed by atoms with Crippen molar-refractivity contribution >= 4 is 5.91 Å². The Morgan fingerprint density at radius 3 is 2.74 bits per heavy atom. The average Bonchev–Trinajstić information content (AvgIpc) is 3.46. The summed E-state index contributed by atoms with van der Waals surface area (Å²) in [6.07, 6.45) is 8.46. The Bertz CT molecular complexity index is 515. The Hall–Kier alpha value is -1.47. The van der Waals surface area contributed by atoms with Crippen molar-refractivity contribution < 1.29 is 9.53 Å². The molecule has 1 N–H and O–H groups in total. The topological polar surface area (TPSA) is 72.3 Å². The van der Waals surface area contributed by atoms with Crippen LogP contribution in [0.1, 0.15) is 25.7 Å². The minimum atomic E-state index is 0.0703. The van der Waals surface area contributed by atoms with Gasteiger partial charge in [0.15, 0.2) is 0 Å². The molecule has 0 aromatic carbocycles. The van der Waals surface area contributed by atoms with E-state index >= 15 is 0 Å². The van der Waals surface area contributed by atoms with Gasteiger partial charge in [0.2, 0.25) is 5.91 Å². The molecule has 1 atom stereocenters. The number of amides is 1. The zero-order valence-electron chi connectivity index (χ0n) is 13.4. The van der Waals surface area contributed by atoms with Crippen molar-refractivity contribution in [1.29, 1.82) is 0 Å². The molecule has 1 saturated heterocycles. The Morgan fingerprint density at radius 2 is 2.09 bits per heavy atom. The van der Waals surface area contributed by atoms with E-state index in [9.17, 15) is 4.79 Å². The molecule has 1 aliphatic heterocycles. The van der Waals surface area contributed by atoms with Gasteiger partial charge in [0.05, 0.1) is 25.8 Å². The van der Waals surface area contributed by atoms with Gasteiger partial charge in [-0.15, -0.1) is 0 Å². The second kappa shape index (κ2) is 6.57. The minimum Gasteiger partial charge on any atom is -0.374 e. The molecule has 1 aromatic heterocycles. The molecule has 0 spiro atoms. The molecule has 0 radical (unpaired) electrons. The number of hydrogen-bond acceptors (Lipinski definition) is 5. The predicted molar refractivity (Wildman–Crippen MR) is 83.6 cm³/mol. The molecule has 1 aromatic rings. The molecule has 4 rings (SSSR count). The summed E-state index contributed by atoms with van der Waals surface area (Å²) in [6, 6.07) is 0.439. The first kappa shape index (κ1) is 15.1. The lowest BCUT2D eigenvalue weighted by Crippen LogP contribution is -2.50. The van der Waals surface area contributed by atoms with Gasteiger partial charge in [-0.2, -0.15) is 5.10 Å². The summed E-state index contributed by atoms with van der Waals surface area (Å²) < 4.78 is 7.56. The van der Waals surface area contributed by atoms with E-state index in [2.05, 4.69) is 20.3 Å². The van der Waals surface area contributed by atoms with Crippen LogP contribution in [-0.2, 0) is 16.1 Å². The number of carbonyl (C=O) groups is 1. The van der Waals surface area contributed by atoms with Crippen molar-refractivity contribution in [2.24, 2.45) is 11.8 Å². The molecule has 2 aliphatic carbocycles. The minimum absolute atomic E-state index is 0.0703. The normalized spacial score (nSPS) is 25.7. The maximum Gasteiger partial charge on any atom is 0.234 e. The van der Waals surface area contributed by atoms with E-state index in [1.165, 1.54) is 32.0 Å². The third-order valence-corrected chi connectivity index (χ3v) is 5.03. The van der Waals surface area contributed by atoms with Gasteiger partial charge in [0, 0.05) is 19.1 Å². The number of nitrogens with zero attached hydrogens (tertiary/aromatic N) is 4. The number of morpholine rings is 1. The van der Waals surface area contributed by atoms with Gasteiger partial charge in [0.1, 0.15) is 12.7 Å². The van der Waals surface area contributed by atoms with E-state index in [0.717, 1.165) is 24.9 Å². The van der Waals surface area contributed by atoms with Crippen molar-refractivity contribution in [3.05, 3.63) is 12.7 Å². The monoisotopic (exact) mass is 319 g/mol. The second-order valence-electron chi connectivity index (χ2n) is 7.11. The van der Waals surface area contributed by atoms with E-state index in [-0.39, 0.29) is 12.0 Å². The molecular formula is C16H25N5O2. The van der Waals surface area contributed by atoms with Crippen LogP contribution >= 0.6 is 0 Å². The van der Waals surface area contributed by atoms with Crippen LogP contribution in [0.2, 0.25) is 0 Å². The number of aromatic nitrogens is 3. The lowest BCUT2D eigenvalue weighted by molar-refractivity contribution is -0.125. The zero-order chi connectivity index (χ0) is 15.6. The van der Waals surface area contributed by atoms with Gasteiger partial charge >= 0.3 is 0 Å². The van der Waals surface area contributed by atoms with Gasteiger partial charge in [-0.25, -0.2) is 4.98 Å². The number of ether oxygens (including phenoxy) is 1. The fourth-order valence-electron chi connectivity index (χ4n) is 3.54. The maximum atomic E-state index is 12.4. The third kappa shape index (κ3) is 4.09. The third-order valence-electron chi connectivity index (χ3n) is 5.03. The van der Waals surface area contributed by atoms with Gasteiger partial charge < -0.3 is 10.1 Å². The Morgan fingerprint density at radius 1 is 1.30 bits per heavy atom. The first-order valence-electron chi connectivity index (χ1n) is 8.73. The second-order valence-corrected chi connectivity index (χ2v) is 7.11. The van der Waals surface area contributed by atoms with Crippen LogP contribution < -0.4 is 5.32 Å². The number of hydrogen-bond donors (Lipinski definition) is 1. The van der Waals surface area contributed by atoms with Gasteiger partial charge in [-0.1, -0.05) is 0 Å². The highest BCUT2D eigenvalue weighted by Crippen LogP contribution is 2.44. The Kier molecular flexibility index (Phi) is 4.31. The van der Waals surface area contributed by atoms with Gasteiger partial charge in [-0.3, -0.25) is 14.4 Å². The van der Waals surface area contributed by atoms with Crippen molar-refractivity contribution in [2.45, 2.75) is 44.4 Å². The Labute approximate surface area is 136 Å². The first-order valence-corrected chi connectivity index (χ1v) is 8.73. The highest BCUT2D eigenvalue weighted by molar-refractivity contribution is 5.78. The highest BCUT2D eigenvalue weighted by atomic mass is 16.5. The molecule has 2 heterocycles. The van der Waals surface area contributed by atoms with Crippen molar-refractivity contribution in [3.8, 4) is 0 Å². The van der Waals surface area contributed by atoms with Gasteiger partial charge in [0.25, 0.3) is 0 Å². The van der Waals surface area contributed by atoms with E-state index in [4.69, 9.17) is 4.74 Å². The lowest BCUT2D eigenvalue weighted by atomic mass is 10.1. The molecule has 23 heavy (non-hydrogen) atoms. The van der Waals surface area contributed by atoms with E-state index in [1.807, 2.05) is 0 Å². The molecule has 126 valence electrons. The fourth-order valence-corrected chi connectivity index (χ4v) is 3.54. The first-order chi connectivity index (χ1) is 11.3.